The number of rotatable bonds is 2. The van der Waals surface area contributed by atoms with Crippen LogP contribution in [-0.2, 0) is 11.3 Å². The molecule has 1 atom stereocenters. The van der Waals surface area contributed by atoms with Crippen LogP contribution < -0.4 is 0 Å². The van der Waals surface area contributed by atoms with Gasteiger partial charge in [-0.05, 0) is 54.0 Å². The van der Waals surface area contributed by atoms with Crippen molar-refractivity contribution < 1.29 is 9.13 Å². The van der Waals surface area contributed by atoms with Gasteiger partial charge >= 0.3 is 0 Å². The molecule has 0 amide bonds. The van der Waals surface area contributed by atoms with Crippen LogP contribution in [0.3, 0.4) is 0 Å². The van der Waals surface area contributed by atoms with Crippen molar-refractivity contribution in [3.05, 3.63) is 27.2 Å². The first kappa shape index (κ1) is 13.3. The Morgan fingerprint density at radius 1 is 1.58 bits per heavy atom. The molecule has 1 aliphatic heterocycles. The summed E-state index contributed by atoms with van der Waals surface area (Å²) in [4.78, 5) is 3.11. The van der Waals surface area contributed by atoms with Crippen LogP contribution in [-0.4, -0.2) is 21.8 Å². The van der Waals surface area contributed by atoms with Crippen molar-refractivity contribution in [1.82, 2.24) is 9.55 Å². The first-order valence-corrected chi connectivity index (χ1v) is 7.40. The summed E-state index contributed by atoms with van der Waals surface area (Å²) in [6, 6.07) is 3.22. The minimum absolute atomic E-state index is 0.211. The predicted octanol–water partition coefficient (Wildman–Crippen LogP) is 4.17. The molecular weight excluding hydrogens is 331 g/mol. The van der Waals surface area contributed by atoms with Gasteiger partial charge in [0.1, 0.15) is 5.82 Å². The molecule has 0 saturated carbocycles. The van der Waals surface area contributed by atoms with Crippen molar-refractivity contribution in [2.45, 2.75) is 31.9 Å². The molecule has 1 aromatic carbocycles. The zero-order chi connectivity index (χ0) is 13.6. The number of fused-ring (bicyclic) bond motifs is 1. The molecule has 1 N–H and O–H groups in total. The van der Waals surface area contributed by atoms with Gasteiger partial charge in [0, 0.05) is 12.7 Å². The van der Waals surface area contributed by atoms with Crippen molar-refractivity contribution in [3.63, 3.8) is 0 Å². The molecule has 0 bridgehead atoms. The number of H-pyrrole nitrogens is 1. The molecule has 0 radical (unpaired) electrons. The van der Waals surface area contributed by atoms with E-state index in [9.17, 15) is 4.39 Å². The van der Waals surface area contributed by atoms with Gasteiger partial charge in [-0.15, -0.1) is 0 Å². The molecule has 1 saturated heterocycles. The van der Waals surface area contributed by atoms with Crippen molar-refractivity contribution in [2.24, 2.45) is 0 Å². The molecule has 2 heterocycles. The second-order valence-electron chi connectivity index (χ2n) is 5.20. The summed E-state index contributed by atoms with van der Waals surface area (Å²) in [5, 5.41) is 0. The first-order valence-electron chi connectivity index (χ1n) is 6.20. The van der Waals surface area contributed by atoms with E-state index in [2.05, 4.69) is 27.8 Å². The summed E-state index contributed by atoms with van der Waals surface area (Å²) in [6.45, 7) is 3.51. The highest BCUT2D eigenvalue weighted by Crippen LogP contribution is 2.30. The van der Waals surface area contributed by atoms with Gasteiger partial charge in [0.2, 0.25) is 0 Å². The number of imidazole rings is 1. The fraction of sp³-hybridized carbons (Fsp3) is 0.462. The molecule has 3 nitrogen and oxygen atoms in total. The number of aromatic nitrogens is 2. The lowest BCUT2D eigenvalue weighted by Crippen LogP contribution is -2.29. The van der Waals surface area contributed by atoms with Crippen LogP contribution >= 0.6 is 28.1 Å². The third-order valence-corrected chi connectivity index (χ3v) is 4.54. The zero-order valence-electron chi connectivity index (χ0n) is 10.5. The Bertz CT molecular complexity index is 688. The van der Waals surface area contributed by atoms with Gasteiger partial charge in [0.05, 0.1) is 27.7 Å². The molecule has 1 unspecified atom stereocenters. The molecule has 3 rings (SSSR count). The lowest BCUT2D eigenvalue weighted by atomic mass is 10.0. The Balaban J connectivity index is 2.10. The summed E-state index contributed by atoms with van der Waals surface area (Å²) >= 11 is 8.52. The van der Waals surface area contributed by atoms with E-state index in [0.29, 0.717) is 15.8 Å². The average molecular weight is 345 g/mol. The molecule has 1 aliphatic rings. The Hall–Kier alpha value is -0.720. The minimum Gasteiger partial charge on any atom is -0.373 e. The fourth-order valence-electron chi connectivity index (χ4n) is 2.60. The summed E-state index contributed by atoms with van der Waals surface area (Å²) < 4.78 is 22.5. The fourth-order valence-corrected chi connectivity index (χ4v) is 3.22. The second kappa shape index (κ2) is 4.68. The molecule has 19 heavy (non-hydrogen) atoms. The Kier molecular flexibility index (Phi) is 3.27. The number of hydrogen-bond donors (Lipinski definition) is 1. The summed E-state index contributed by atoms with van der Waals surface area (Å²) in [5.74, 6) is -0.284. The number of benzene rings is 1. The van der Waals surface area contributed by atoms with Gasteiger partial charge in [0.25, 0.3) is 0 Å². The maximum atomic E-state index is 13.7. The topological polar surface area (TPSA) is 29.9 Å². The van der Waals surface area contributed by atoms with Crippen LogP contribution in [0.25, 0.3) is 11.0 Å². The zero-order valence-corrected chi connectivity index (χ0v) is 12.9. The lowest BCUT2D eigenvalue weighted by Gasteiger charge is -2.23. The second-order valence-corrected chi connectivity index (χ2v) is 6.44. The normalized spacial score (nSPS) is 23.3. The Labute approximate surface area is 123 Å². The molecule has 1 aromatic heterocycles. The smallest absolute Gasteiger partial charge is 0.178 e. The third kappa shape index (κ3) is 2.37. The molecule has 102 valence electrons. The average Bonchev–Trinajstić information content (AvgIpc) is 2.88. The number of nitrogens with one attached hydrogen (secondary N) is 1. The lowest BCUT2D eigenvalue weighted by molar-refractivity contribution is 0.00678. The van der Waals surface area contributed by atoms with Gasteiger partial charge < -0.3 is 14.3 Å². The molecule has 1 fully saturated rings. The monoisotopic (exact) mass is 344 g/mol. The molecule has 2 aromatic rings. The largest absolute Gasteiger partial charge is 0.373 e. The van der Waals surface area contributed by atoms with E-state index in [1.165, 1.54) is 6.07 Å². The van der Waals surface area contributed by atoms with E-state index < -0.39 is 0 Å². The maximum Gasteiger partial charge on any atom is 0.178 e. The summed E-state index contributed by atoms with van der Waals surface area (Å²) in [5.41, 5.74) is 1.40. The first-order chi connectivity index (χ1) is 8.98. The van der Waals surface area contributed by atoms with Crippen LogP contribution in [0.4, 0.5) is 4.39 Å². The Morgan fingerprint density at radius 2 is 2.37 bits per heavy atom. The SMILES string of the molecule is CC1(Cn2c(=S)[nH]c3cc(Br)c(F)cc32)CCCO1. The van der Waals surface area contributed by atoms with E-state index in [0.717, 1.165) is 30.5 Å². The third-order valence-electron chi connectivity index (χ3n) is 3.61. The van der Waals surface area contributed by atoms with Crippen molar-refractivity contribution in [3.8, 4) is 0 Å². The number of halogens is 2. The standard InChI is InChI=1S/C13H14BrFN2OS/c1-13(3-2-4-18-13)7-17-11-6-9(15)8(14)5-10(11)16-12(17)19/h5-6H,2-4,7H2,1H3,(H,16,19). The predicted molar refractivity (Wildman–Crippen MR) is 78.4 cm³/mol. The number of ether oxygens (including phenoxy) is 1. The van der Waals surface area contributed by atoms with Crippen LogP contribution in [0.15, 0.2) is 16.6 Å². The van der Waals surface area contributed by atoms with E-state index >= 15 is 0 Å². The van der Waals surface area contributed by atoms with Crippen molar-refractivity contribution >= 4 is 39.2 Å². The molecule has 6 heteroatoms. The maximum absolute atomic E-state index is 13.7. The summed E-state index contributed by atoms with van der Waals surface area (Å²) in [6.07, 6.45) is 2.06. The molecular formula is C13H14BrFN2OS. The van der Waals surface area contributed by atoms with Gasteiger partial charge in [-0.1, -0.05) is 0 Å². The van der Waals surface area contributed by atoms with Crippen LogP contribution in [0.5, 0.6) is 0 Å². The molecule has 0 spiro atoms. The number of hydrogen-bond acceptors (Lipinski definition) is 2. The molecule has 0 aliphatic carbocycles. The minimum atomic E-state index is -0.284. The Morgan fingerprint density at radius 3 is 3.05 bits per heavy atom. The van der Waals surface area contributed by atoms with Crippen molar-refractivity contribution in [2.75, 3.05) is 6.61 Å². The summed E-state index contributed by atoms with van der Waals surface area (Å²) in [7, 11) is 0. The highest BCUT2D eigenvalue weighted by Gasteiger charge is 2.31. The van der Waals surface area contributed by atoms with Gasteiger partial charge in [-0.2, -0.15) is 0 Å². The van der Waals surface area contributed by atoms with Crippen LogP contribution in [0.1, 0.15) is 19.8 Å². The van der Waals surface area contributed by atoms with Gasteiger partial charge in [-0.25, -0.2) is 4.39 Å². The van der Waals surface area contributed by atoms with Crippen LogP contribution in [0.2, 0.25) is 0 Å². The quantitative estimate of drug-likeness (QED) is 0.828. The van der Waals surface area contributed by atoms with E-state index in [1.54, 1.807) is 6.07 Å². The number of nitrogens with zero attached hydrogens (tertiary/aromatic N) is 1. The van der Waals surface area contributed by atoms with Crippen LogP contribution in [0, 0.1) is 10.6 Å². The highest BCUT2D eigenvalue weighted by molar-refractivity contribution is 9.10. The number of aromatic amines is 1. The van der Waals surface area contributed by atoms with Gasteiger partial charge in [0.15, 0.2) is 4.77 Å². The van der Waals surface area contributed by atoms with E-state index in [4.69, 9.17) is 17.0 Å². The van der Waals surface area contributed by atoms with Gasteiger partial charge in [-0.3, -0.25) is 0 Å². The van der Waals surface area contributed by atoms with E-state index in [-0.39, 0.29) is 11.4 Å². The van der Waals surface area contributed by atoms with Crippen molar-refractivity contribution in [1.29, 1.82) is 0 Å². The van der Waals surface area contributed by atoms with E-state index in [1.807, 2.05) is 4.57 Å². The highest BCUT2D eigenvalue weighted by atomic mass is 79.9.